The van der Waals surface area contributed by atoms with Crippen LogP contribution in [0.3, 0.4) is 0 Å². The van der Waals surface area contributed by atoms with Gasteiger partial charge in [0, 0.05) is 24.4 Å². The lowest BCUT2D eigenvalue weighted by Gasteiger charge is -2.21. The summed E-state index contributed by atoms with van der Waals surface area (Å²) in [4.78, 5) is 24.6. The maximum absolute atomic E-state index is 11.6. The van der Waals surface area contributed by atoms with E-state index in [1.54, 1.807) is 0 Å². The molecule has 0 radical (unpaired) electrons. The average Bonchev–Trinajstić information content (AvgIpc) is 2.76. The number of allylic oxidation sites excluding steroid dienone is 1. The van der Waals surface area contributed by atoms with Gasteiger partial charge in [-0.1, -0.05) is 29.8 Å². The third-order valence-electron chi connectivity index (χ3n) is 4.01. The Morgan fingerprint density at radius 3 is 2.60 bits per heavy atom. The summed E-state index contributed by atoms with van der Waals surface area (Å²) in [5, 5.41) is 0.807. The van der Waals surface area contributed by atoms with E-state index in [9.17, 15) is 9.59 Å². The van der Waals surface area contributed by atoms with Gasteiger partial charge in [0.2, 0.25) is 11.8 Å². The fourth-order valence-corrected chi connectivity index (χ4v) is 3.22. The second kappa shape index (κ2) is 5.41. The summed E-state index contributed by atoms with van der Waals surface area (Å²) in [7, 11) is 0. The summed E-state index contributed by atoms with van der Waals surface area (Å²) in [6, 6.07) is 5.93. The molecule has 1 aromatic carbocycles. The van der Waals surface area contributed by atoms with Crippen LogP contribution in [0.2, 0.25) is 5.02 Å². The van der Waals surface area contributed by atoms with Gasteiger partial charge in [0.05, 0.1) is 0 Å². The van der Waals surface area contributed by atoms with Crippen LogP contribution in [-0.2, 0) is 16.0 Å². The summed E-state index contributed by atoms with van der Waals surface area (Å²) in [5.41, 5.74) is 3.55. The number of halogens is 1. The van der Waals surface area contributed by atoms with Crippen LogP contribution in [-0.4, -0.2) is 23.3 Å². The molecule has 0 aromatic heterocycles. The summed E-state index contributed by atoms with van der Waals surface area (Å²) >= 11 is 6.24. The van der Waals surface area contributed by atoms with E-state index in [1.807, 2.05) is 12.1 Å². The van der Waals surface area contributed by atoms with Crippen LogP contribution in [0.1, 0.15) is 36.8 Å². The second-order valence-corrected chi connectivity index (χ2v) is 5.63. The lowest BCUT2D eigenvalue weighted by Crippen LogP contribution is -2.30. The van der Waals surface area contributed by atoms with Gasteiger partial charge in [-0.15, -0.1) is 0 Å². The van der Waals surface area contributed by atoms with Gasteiger partial charge in [-0.2, -0.15) is 0 Å². The fourth-order valence-electron chi connectivity index (χ4n) is 2.96. The molecular weight excluding hydrogens is 274 g/mol. The van der Waals surface area contributed by atoms with E-state index in [4.69, 9.17) is 11.6 Å². The molecule has 1 aliphatic carbocycles. The molecule has 0 saturated carbocycles. The van der Waals surface area contributed by atoms with Crippen molar-refractivity contribution in [2.45, 2.75) is 32.1 Å². The van der Waals surface area contributed by atoms with E-state index in [-0.39, 0.29) is 11.8 Å². The zero-order chi connectivity index (χ0) is 14.1. The van der Waals surface area contributed by atoms with Crippen LogP contribution in [0.15, 0.2) is 24.3 Å². The third kappa shape index (κ3) is 2.38. The zero-order valence-electron chi connectivity index (χ0n) is 11.2. The molecule has 0 unspecified atom stereocenters. The van der Waals surface area contributed by atoms with E-state index in [0.29, 0.717) is 25.8 Å². The molecule has 1 heterocycles. The first-order valence-electron chi connectivity index (χ1n) is 6.97. The van der Waals surface area contributed by atoms with Crippen LogP contribution in [0, 0.1) is 0 Å². The molecule has 4 heteroatoms. The Hall–Kier alpha value is -1.61. The normalized spacial score (nSPS) is 18.2. The van der Waals surface area contributed by atoms with E-state index in [1.165, 1.54) is 21.6 Å². The van der Waals surface area contributed by atoms with E-state index < -0.39 is 0 Å². The minimum absolute atomic E-state index is 0.0438. The molecule has 0 atom stereocenters. The lowest BCUT2D eigenvalue weighted by atomic mass is 9.89. The summed E-state index contributed by atoms with van der Waals surface area (Å²) < 4.78 is 0. The molecule has 0 N–H and O–H groups in total. The van der Waals surface area contributed by atoms with Crippen molar-refractivity contribution < 1.29 is 9.59 Å². The third-order valence-corrected chi connectivity index (χ3v) is 4.36. The van der Waals surface area contributed by atoms with Crippen molar-refractivity contribution in [3.8, 4) is 0 Å². The van der Waals surface area contributed by atoms with Gasteiger partial charge in [-0.25, -0.2) is 0 Å². The molecule has 3 nitrogen and oxygen atoms in total. The highest BCUT2D eigenvalue weighted by Crippen LogP contribution is 2.33. The monoisotopic (exact) mass is 289 g/mol. The first-order valence-corrected chi connectivity index (χ1v) is 7.34. The highest BCUT2D eigenvalue weighted by Gasteiger charge is 2.28. The van der Waals surface area contributed by atoms with Crippen molar-refractivity contribution in [3.63, 3.8) is 0 Å². The van der Waals surface area contributed by atoms with Gasteiger partial charge in [0.25, 0.3) is 0 Å². The molecule has 0 spiro atoms. The molecule has 3 rings (SSSR count). The van der Waals surface area contributed by atoms with Crippen molar-refractivity contribution in [2.75, 3.05) is 6.54 Å². The van der Waals surface area contributed by atoms with Crippen LogP contribution in [0.25, 0.3) is 5.57 Å². The lowest BCUT2D eigenvalue weighted by molar-refractivity contribution is -0.138. The van der Waals surface area contributed by atoms with Crippen LogP contribution < -0.4 is 0 Å². The fraction of sp³-hybridized carbons (Fsp3) is 0.375. The second-order valence-electron chi connectivity index (χ2n) is 5.22. The van der Waals surface area contributed by atoms with Crippen molar-refractivity contribution in [3.05, 3.63) is 40.4 Å². The first kappa shape index (κ1) is 13.4. The average molecular weight is 290 g/mol. The quantitative estimate of drug-likeness (QED) is 0.801. The largest absolute Gasteiger partial charge is 0.282 e. The van der Waals surface area contributed by atoms with E-state index >= 15 is 0 Å². The van der Waals surface area contributed by atoms with E-state index in [2.05, 4.69) is 12.1 Å². The molecule has 1 aliphatic heterocycles. The maximum Gasteiger partial charge on any atom is 0.229 e. The molecule has 1 aromatic rings. The Morgan fingerprint density at radius 1 is 1.10 bits per heavy atom. The molecule has 20 heavy (non-hydrogen) atoms. The zero-order valence-corrected chi connectivity index (χ0v) is 11.9. The molecule has 2 amide bonds. The van der Waals surface area contributed by atoms with Crippen molar-refractivity contribution in [2.24, 2.45) is 0 Å². The Morgan fingerprint density at radius 2 is 1.85 bits per heavy atom. The molecular formula is C16H16ClNO2. The number of rotatable bonds is 3. The number of amides is 2. The SMILES string of the molecule is O=C1CCC(=O)N1CCC1=CCCc2c(Cl)cccc21. The minimum Gasteiger partial charge on any atom is -0.282 e. The minimum atomic E-state index is -0.0438. The standard InChI is InChI=1S/C16H16ClNO2/c17-14-6-2-4-12-11(3-1-5-13(12)14)9-10-18-15(19)7-8-16(18)20/h2-4,6H,1,5,7-10H2. The first-order chi connectivity index (χ1) is 9.66. The van der Waals surface area contributed by atoms with Gasteiger partial charge in [0.15, 0.2) is 0 Å². The number of imide groups is 1. The van der Waals surface area contributed by atoms with Crippen LogP contribution >= 0.6 is 11.6 Å². The number of carbonyl (C=O) groups excluding carboxylic acids is 2. The number of likely N-dealkylation sites (tertiary alicyclic amines) is 1. The number of hydrogen-bond acceptors (Lipinski definition) is 2. The number of fused-ring (bicyclic) bond motifs is 1. The maximum atomic E-state index is 11.6. The Balaban J connectivity index is 1.76. The summed E-state index contributed by atoms with van der Waals surface area (Å²) in [6.07, 6.45) is 5.56. The van der Waals surface area contributed by atoms with Crippen molar-refractivity contribution >= 4 is 29.0 Å². The molecule has 104 valence electrons. The molecule has 1 saturated heterocycles. The van der Waals surface area contributed by atoms with Crippen LogP contribution in [0.4, 0.5) is 0 Å². The number of hydrogen-bond donors (Lipinski definition) is 0. The Kier molecular flexibility index (Phi) is 3.62. The van der Waals surface area contributed by atoms with E-state index in [0.717, 1.165) is 17.9 Å². The predicted molar refractivity (Wildman–Crippen MR) is 78.3 cm³/mol. The smallest absolute Gasteiger partial charge is 0.229 e. The summed E-state index contributed by atoms with van der Waals surface area (Å²) in [5.74, 6) is -0.0875. The Labute approximate surface area is 123 Å². The van der Waals surface area contributed by atoms with Gasteiger partial charge in [-0.3, -0.25) is 14.5 Å². The Bertz CT molecular complexity index is 590. The van der Waals surface area contributed by atoms with Gasteiger partial charge < -0.3 is 0 Å². The predicted octanol–water partition coefficient (Wildman–Crippen LogP) is 3.21. The van der Waals surface area contributed by atoms with Gasteiger partial charge >= 0.3 is 0 Å². The van der Waals surface area contributed by atoms with Crippen molar-refractivity contribution in [1.82, 2.24) is 4.90 Å². The number of benzene rings is 1. The molecule has 0 bridgehead atoms. The molecule has 1 fully saturated rings. The highest BCUT2D eigenvalue weighted by molar-refractivity contribution is 6.31. The number of nitrogens with zero attached hydrogens (tertiary/aromatic N) is 1. The molecule has 2 aliphatic rings. The number of carbonyl (C=O) groups is 2. The highest BCUT2D eigenvalue weighted by atomic mass is 35.5. The summed E-state index contributed by atoms with van der Waals surface area (Å²) in [6.45, 7) is 0.482. The van der Waals surface area contributed by atoms with Gasteiger partial charge in [0.1, 0.15) is 0 Å². The topological polar surface area (TPSA) is 37.4 Å². The van der Waals surface area contributed by atoms with Crippen LogP contribution in [0.5, 0.6) is 0 Å². The van der Waals surface area contributed by atoms with Crippen molar-refractivity contribution in [1.29, 1.82) is 0 Å². The van der Waals surface area contributed by atoms with Gasteiger partial charge in [-0.05, 0) is 42.0 Å².